The first kappa shape index (κ1) is 21.0. The molecule has 0 bridgehead atoms. The summed E-state index contributed by atoms with van der Waals surface area (Å²) in [5, 5.41) is 13.2. The minimum atomic E-state index is -0.544. The second kappa shape index (κ2) is 9.60. The van der Waals surface area contributed by atoms with Gasteiger partial charge in [0.05, 0.1) is 12.8 Å². The number of halogens is 2. The Morgan fingerprint density at radius 2 is 2.04 bits per heavy atom. The Kier molecular flexibility index (Phi) is 7.47. The monoisotopic (exact) mass is 494 g/mol. The molecule has 0 spiro atoms. The molecule has 7 nitrogen and oxygen atoms in total. The molecule has 0 saturated carbocycles. The fourth-order valence-electron chi connectivity index (χ4n) is 2.36. The number of hydrogen-bond acceptors (Lipinski definition) is 5. The van der Waals surface area contributed by atoms with Crippen molar-refractivity contribution in [3.8, 4) is 6.07 Å². The van der Waals surface area contributed by atoms with Crippen LogP contribution < -0.4 is 11.0 Å². The summed E-state index contributed by atoms with van der Waals surface area (Å²) in [7, 11) is 1.48. The maximum atomic E-state index is 12.6. The van der Waals surface area contributed by atoms with E-state index in [1.54, 1.807) is 6.92 Å². The highest BCUT2D eigenvalue weighted by molar-refractivity contribution is 9.10. The van der Waals surface area contributed by atoms with Crippen molar-refractivity contribution < 1.29 is 9.53 Å². The van der Waals surface area contributed by atoms with Gasteiger partial charge in [-0.25, -0.2) is 5.43 Å². The molecule has 2 rings (SSSR count). The molecule has 0 saturated heterocycles. The first-order chi connectivity index (χ1) is 12.9. The molecule has 0 aliphatic rings. The average molecular weight is 496 g/mol. The molecule has 140 valence electrons. The van der Waals surface area contributed by atoms with Crippen LogP contribution in [0.2, 0.25) is 0 Å². The van der Waals surface area contributed by atoms with Crippen LogP contribution in [0.25, 0.3) is 0 Å². The molecular formula is C18H16Br2N4O3. The number of hydrazone groups is 1. The van der Waals surface area contributed by atoms with Gasteiger partial charge in [0.1, 0.15) is 18.2 Å². The normalized spacial score (nSPS) is 10.8. The third kappa shape index (κ3) is 5.13. The molecule has 1 aromatic heterocycles. The van der Waals surface area contributed by atoms with Crippen LogP contribution in [0.1, 0.15) is 22.4 Å². The van der Waals surface area contributed by atoms with Crippen molar-refractivity contribution in [1.29, 1.82) is 5.26 Å². The maximum absolute atomic E-state index is 12.6. The molecule has 2 aromatic rings. The largest absolute Gasteiger partial charge is 0.380 e. The molecule has 1 heterocycles. The summed E-state index contributed by atoms with van der Waals surface area (Å²) in [6, 6.07) is 9.27. The number of ether oxygens (including phenoxy) is 1. The van der Waals surface area contributed by atoms with Gasteiger partial charge in [0, 0.05) is 27.3 Å². The SMILES string of the molecule is COCc1c(Br)c(C)n(CC(=O)N/N=C\c2ccc(Br)cc2)c(=O)c1C#N. The smallest absolute Gasteiger partial charge is 0.269 e. The van der Waals surface area contributed by atoms with E-state index >= 15 is 0 Å². The van der Waals surface area contributed by atoms with Crippen LogP contribution in [0.15, 0.2) is 43.1 Å². The van der Waals surface area contributed by atoms with Gasteiger partial charge >= 0.3 is 0 Å². The summed E-state index contributed by atoms with van der Waals surface area (Å²) in [4.78, 5) is 24.7. The number of nitrogens with zero attached hydrogens (tertiary/aromatic N) is 3. The number of carbonyl (C=O) groups is 1. The van der Waals surface area contributed by atoms with E-state index in [-0.39, 0.29) is 18.7 Å². The predicted octanol–water partition coefficient (Wildman–Crippen LogP) is 2.85. The number of benzene rings is 1. The van der Waals surface area contributed by atoms with Crippen LogP contribution in [-0.2, 0) is 22.7 Å². The Morgan fingerprint density at radius 1 is 1.37 bits per heavy atom. The molecular weight excluding hydrogens is 480 g/mol. The number of pyridine rings is 1. The number of rotatable bonds is 6. The van der Waals surface area contributed by atoms with Gasteiger partial charge in [-0.3, -0.25) is 9.59 Å². The van der Waals surface area contributed by atoms with E-state index in [1.165, 1.54) is 17.9 Å². The molecule has 1 amide bonds. The maximum Gasteiger partial charge on any atom is 0.269 e. The number of hydrogen-bond donors (Lipinski definition) is 1. The van der Waals surface area contributed by atoms with Gasteiger partial charge in [0.15, 0.2) is 0 Å². The van der Waals surface area contributed by atoms with E-state index in [9.17, 15) is 14.9 Å². The summed E-state index contributed by atoms with van der Waals surface area (Å²) >= 11 is 6.72. The average Bonchev–Trinajstić information content (AvgIpc) is 2.65. The lowest BCUT2D eigenvalue weighted by molar-refractivity contribution is -0.121. The minimum absolute atomic E-state index is 0.0551. The van der Waals surface area contributed by atoms with Crippen LogP contribution in [0, 0.1) is 18.3 Å². The highest BCUT2D eigenvalue weighted by Crippen LogP contribution is 2.23. The van der Waals surface area contributed by atoms with Gasteiger partial charge in [-0.2, -0.15) is 10.4 Å². The quantitative estimate of drug-likeness (QED) is 0.492. The zero-order valence-corrected chi connectivity index (χ0v) is 17.8. The zero-order chi connectivity index (χ0) is 20.0. The molecule has 1 aromatic carbocycles. The molecule has 1 N–H and O–H groups in total. The topological polar surface area (TPSA) is 96.5 Å². The summed E-state index contributed by atoms with van der Waals surface area (Å²) < 4.78 is 7.78. The summed E-state index contributed by atoms with van der Waals surface area (Å²) in [6.45, 7) is 1.54. The molecule has 0 aliphatic carbocycles. The van der Waals surface area contributed by atoms with Crippen molar-refractivity contribution in [3.63, 3.8) is 0 Å². The summed E-state index contributed by atoms with van der Waals surface area (Å²) in [5.41, 5.74) is 3.58. The number of nitrogens with one attached hydrogen (secondary N) is 1. The van der Waals surface area contributed by atoms with Gasteiger partial charge < -0.3 is 9.30 Å². The van der Waals surface area contributed by atoms with Crippen LogP contribution in [0.4, 0.5) is 0 Å². The Hall–Kier alpha value is -2.28. The number of amides is 1. The Balaban J connectivity index is 2.20. The van der Waals surface area contributed by atoms with E-state index in [0.29, 0.717) is 15.7 Å². The van der Waals surface area contributed by atoms with Gasteiger partial charge in [-0.1, -0.05) is 28.1 Å². The van der Waals surface area contributed by atoms with Crippen molar-refractivity contribution >= 4 is 44.0 Å². The van der Waals surface area contributed by atoms with Gasteiger partial charge in [-0.15, -0.1) is 0 Å². The molecule has 0 radical (unpaired) electrons. The fraction of sp³-hybridized carbons (Fsp3) is 0.222. The van der Waals surface area contributed by atoms with E-state index in [2.05, 4.69) is 42.4 Å². The highest BCUT2D eigenvalue weighted by atomic mass is 79.9. The molecule has 27 heavy (non-hydrogen) atoms. The Labute approximate surface area is 172 Å². The lowest BCUT2D eigenvalue weighted by Gasteiger charge is -2.15. The molecule has 0 atom stereocenters. The zero-order valence-electron chi connectivity index (χ0n) is 14.6. The van der Waals surface area contributed by atoms with Crippen molar-refractivity contribution in [2.24, 2.45) is 5.10 Å². The van der Waals surface area contributed by atoms with Gasteiger partial charge in [0.25, 0.3) is 11.5 Å². The fourth-order valence-corrected chi connectivity index (χ4v) is 3.15. The molecule has 0 aliphatic heterocycles. The van der Waals surface area contributed by atoms with Gasteiger partial charge in [-0.05, 0) is 40.5 Å². The Morgan fingerprint density at radius 3 is 2.63 bits per heavy atom. The lowest BCUT2D eigenvalue weighted by atomic mass is 10.1. The summed E-state index contributed by atoms with van der Waals surface area (Å²) in [5.74, 6) is -0.483. The number of methoxy groups -OCH3 is 1. The van der Waals surface area contributed by atoms with Crippen LogP contribution in [0.5, 0.6) is 0 Å². The summed E-state index contributed by atoms with van der Waals surface area (Å²) in [6.07, 6.45) is 1.50. The number of carbonyl (C=O) groups excluding carboxylic acids is 1. The molecule has 0 fully saturated rings. The first-order valence-electron chi connectivity index (χ1n) is 7.77. The number of nitriles is 1. The second-order valence-electron chi connectivity index (χ2n) is 5.53. The first-order valence-corrected chi connectivity index (χ1v) is 9.36. The molecule has 0 unspecified atom stereocenters. The highest BCUT2D eigenvalue weighted by Gasteiger charge is 2.19. The van der Waals surface area contributed by atoms with Crippen LogP contribution in [-0.4, -0.2) is 23.8 Å². The standard InChI is InChI=1S/C18H16Br2N4O3/c1-11-17(20)15(10-27-2)14(7-21)18(26)24(11)9-16(25)23-22-8-12-3-5-13(19)6-4-12/h3-6,8H,9-10H2,1-2H3,(H,23,25)/b22-8-. The van der Waals surface area contributed by atoms with Crippen LogP contribution in [0.3, 0.4) is 0 Å². The van der Waals surface area contributed by atoms with E-state index in [0.717, 1.165) is 10.0 Å². The lowest BCUT2D eigenvalue weighted by Crippen LogP contribution is -2.33. The van der Waals surface area contributed by atoms with Crippen molar-refractivity contribution in [2.75, 3.05) is 7.11 Å². The van der Waals surface area contributed by atoms with E-state index < -0.39 is 11.5 Å². The van der Waals surface area contributed by atoms with Crippen molar-refractivity contribution in [1.82, 2.24) is 9.99 Å². The Bertz CT molecular complexity index is 976. The van der Waals surface area contributed by atoms with E-state index in [1.807, 2.05) is 30.3 Å². The minimum Gasteiger partial charge on any atom is -0.380 e. The van der Waals surface area contributed by atoms with E-state index in [4.69, 9.17) is 4.74 Å². The van der Waals surface area contributed by atoms with Gasteiger partial charge in [0.2, 0.25) is 0 Å². The predicted molar refractivity (Wildman–Crippen MR) is 108 cm³/mol. The third-order valence-electron chi connectivity index (χ3n) is 3.72. The number of aromatic nitrogens is 1. The molecule has 9 heteroatoms. The third-order valence-corrected chi connectivity index (χ3v) is 5.30. The van der Waals surface area contributed by atoms with Crippen molar-refractivity contribution in [2.45, 2.75) is 20.1 Å². The van der Waals surface area contributed by atoms with Crippen molar-refractivity contribution in [3.05, 3.63) is 65.9 Å². The second-order valence-corrected chi connectivity index (χ2v) is 7.24. The van der Waals surface area contributed by atoms with Crippen LogP contribution >= 0.6 is 31.9 Å².